The summed E-state index contributed by atoms with van der Waals surface area (Å²) in [6.07, 6.45) is 0. The Balaban J connectivity index is 1.80. The van der Waals surface area contributed by atoms with Gasteiger partial charge in [-0.2, -0.15) is 15.0 Å². The number of anilines is 2. The first-order chi connectivity index (χ1) is 10.2. The Morgan fingerprint density at radius 2 is 2.24 bits per heavy atom. The second-order valence-corrected chi connectivity index (χ2v) is 4.90. The van der Waals surface area contributed by atoms with E-state index in [4.69, 9.17) is 4.74 Å². The Kier molecular flexibility index (Phi) is 3.63. The molecule has 1 atom stereocenters. The van der Waals surface area contributed by atoms with Gasteiger partial charge >= 0.3 is 12.0 Å². The van der Waals surface area contributed by atoms with Crippen LogP contribution in [0.5, 0.6) is 6.01 Å². The van der Waals surface area contributed by atoms with Crippen LogP contribution in [0.15, 0.2) is 0 Å². The van der Waals surface area contributed by atoms with E-state index in [1.807, 2.05) is 11.8 Å². The first-order valence-electron chi connectivity index (χ1n) is 7.07. The standard InChI is InChI=1S/C12H19N7O2/c1-3-21-11-16-9(13-2)15-10(17-11)18-4-5-19-8(7-18)6-14-12(19)20/h8H,3-7H2,1-2H3,(H,14,20)(H,13,15,16,17). The number of hydrogen-bond acceptors (Lipinski definition) is 7. The fourth-order valence-electron chi connectivity index (χ4n) is 2.58. The van der Waals surface area contributed by atoms with Gasteiger partial charge in [0.1, 0.15) is 0 Å². The maximum atomic E-state index is 11.6. The van der Waals surface area contributed by atoms with Crippen LogP contribution in [0.2, 0.25) is 0 Å². The van der Waals surface area contributed by atoms with Crippen LogP contribution in [0, 0.1) is 0 Å². The molecule has 2 N–H and O–H groups in total. The number of urea groups is 1. The van der Waals surface area contributed by atoms with Gasteiger partial charge in [0.15, 0.2) is 0 Å². The number of carbonyl (C=O) groups excluding carboxylic acids is 1. The number of carbonyl (C=O) groups is 1. The van der Waals surface area contributed by atoms with Gasteiger partial charge in [0.25, 0.3) is 0 Å². The first-order valence-corrected chi connectivity index (χ1v) is 7.07. The molecule has 9 heteroatoms. The molecule has 2 aliphatic heterocycles. The molecular formula is C12H19N7O2. The summed E-state index contributed by atoms with van der Waals surface area (Å²) in [6.45, 7) is 5.12. The highest BCUT2D eigenvalue weighted by Gasteiger charge is 2.36. The summed E-state index contributed by atoms with van der Waals surface area (Å²) in [5, 5.41) is 5.77. The molecule has 9 nitrogen and oxygen atoms in total. The van der Waals surface area contributed by atoms with Crippen molar-refractivity contribution in [3.05, 3.63) is 0 Å². The minimum Gasteiger partial charge on any atom is -0.464 e. The molecule has 1 aromatic rings. The number of amides is 2. The summed E-state index contributed by atoms with van der Waals surface area (Å²) < 4.78 is 5.38. The average Bonchev–Trinajstić information content (AvgIpc) is 2.88. The zero-order valence-corrected chi connectivity index (χ0v) is 12.2. The molecule has 2 saturated heterocycles. The van der Waals surface area contributed by atoms with E-state index in [2.05, 4.69) is 30.5 Å². The predicted molar refractivity (Wildman–Crippen MR) is 76.6 cm³/mol. The van der Waals surface area contributed by atoms with Gasteiger partial charge in [0.05, 0.1) is 12.6 Å². The zero-order valence-electron chi connectivity index (χ0n) is 12.2. The van der Waals surface area contributed by atoms with Gasteiger partial charge in [0.2, 0.25) is 11.9 Å². The van der Waals surface area contributed by atoms with Crippen LogP contribution in [0.1, 0.15) is 6.92 Å². The normalized spacial score (nSPS) is 21.0. The van der Waals surface area contributed by atoms with Gasteiger partial charge in [-0.1, -0.05) is 0 Å². The van der Waals surface area contributed by atoms with Crippen LogP contribution < -0.4 is 20.3 Å². The van der Waals surface area contributed by atoms with E-state index in [1.165, 1.54) is 0 Å². The van der Waals surface area contributed by atoms with Gasteiger partial charge < -0.3 is 25.2 Å². The molecule has 3 rings (SSSR count). The fraction of sp³-hybridized carbons (Fsp3) is 0.667. The van der Waals surface area contributed by atoms with Gasteiger partial charge in [-0.25, -0.2) is 4.79 Å². The van der Waals surface area contributed by atoms with Crippen LogP contribution in [-0.4, -0.2) is 71.8 Å². The molecule has 2 amide bonds. The van der Waals surface area contributed by atoms with Crippen molar-refractivity contribution < 1.29 is 9.53 Å². The lowest BCUT2D eigenvalue weighted by molar-refractivity contribution is 0.197. The third kappa shape index (κ3) is 2.63. The van der Waals surface area contributed by atoms with Crippen LogP contribution >= 0.6 is 0 Å². The van der Waals surface area contributed by atoms with Gasteiger partial charge in [-0.05, 0) is 6.92 Å². The fourth-order valence-corrected chi connectivity index (χ4v) is 2.58. The van der Waals surface area contributed by atoms with Crippen molar-refractivity contribution in [3.8, 4) is 6.01 Å². The summed E-state index contributed by atoms with van der Waals surface area (Å²) in [5.74, 6) is 1.06. The topological polar surface area (TPSA) is 95.5 Å². The Hall–Kier alpha value is -2.32. The van der Waals surface area contributed by atoms with Crippen molar-refractivity contribution in [1.82, 2.24) is 25.2 Å². The van der Waals surface area contributed by atoms with Crippen molar-refractivity contribution in [2.45, 2.75) is 13.0 Å². The van der Waals surface area contributed by atoms with Crippen molar-refractivity contribution in [2.24, 2.45) is 0 Å². The molecular weight excluding hydrogens is 274 g/mol. The lowest BCUT2D eigenvalue weighted by atomic mass is 10.2. The maximum Gasteiger partial charge on any atom is 0.323 e. The minimum atomic E-state index is 0.0150. The van der Waals surface area contributed by atoms with Crippen molar-refractivity contribution in [1.29, 1.82) is 0 Å². The molecule has 114 valence electrons. The van der Waals surface area contributed by atoms with Gasteiger partial charge in [0, 0.05) is 33.2 Å². The Morgan fingerprint density at radius 1 is 1.38 bits per heavy atom. The SMILES string of the molecule is CCOc1nc(NC)nc(N2CCN3C(=O)NCC3C2)n1. The van der Waals surface area contributed by atoms with E-state index < -0.39 is 0 Å². The first kappa shape index (κ1) is 13.7. The highest BCUT2D eigenvalue weighted by atomic mass is 16.5. The lowest BCUT2D eigenvalue weighted by Gasteiger charge is -2.36. The summed E-state index contributed by atoms with van der Waals surface area (Å²) in [6, 6.07) is 0.493. The largest absolute Gasteiger partial charge is 0.464 e. The quantitative estimate of drug-likeness (QED) is 0.774. The maximum absolute atomic E-state index is 11.6. The van der Waals surface area contributed by atoms with E-state index >= 15 is 0 Å². The Morgan fingerprint density at radius 3 is 3.00 bits per heavy atom. The third-order valence-corrected chi connectivity index (χ3v) is 3.62. The summed E-state index contributed by atoms with van der Waals surface area (Å²) >= 11 is 0. The highest BCUT2D eigenvalue weighted by Crippen LogP contribution is 2.20. The molecule has 1 aromatic heterocycles. The van der Waals surface area contributed by atoms with Gasteiger partial charge in [-0.3, -0.25) is 0 Å². The number of nitrogens with one attached hydrogen (secondary N) is 2. The highest BCUT2D eigenvalue weighted by molar-refractivity contribution is 5.77. The Bertz CT molecular complexity index is 538. The molecule has 2 fully saturated rings. The van der Waals surface area contributed by atoms with Crippen LogP contribution in [0.3, 0.4) is 0 Å². The predicted octanol–water partition coefficient (Wildman–Crippen LogP) is -0.474. The molecule has 2 aliphatic rings. The average molecular weight is 293 g/mol. The molecule has 0 saturated carbocycles. The number of rotatable bonds is 4. The minimum absolute atomic E-state index is 0.0150. The third-order valence-electron chi connectivity index (χ3n) is 3.62. The van der Waals surface area contributed by atoms with Crippen LogP contribution in [0.4, 0.5) is 16.7 Å². The van der Waals surface area contributed by atoms with E-state index in [9.17, 15) is 4.79 Å². The molecule has 1 unspecified atom stereocenters. The van der Waals surface area contributed by atoms with Crippen LogP contribution in [-0.2, 0) is 0 Å². The van der Waals surface area contributed by atoms with Crippen molar-refractivity contribution in [2.75, 3.05) is 50.1 Å². The second-order valence-electron chi connectivity index (χ2n) is 4.90. The van der Waals surface area contributed by atoms with Gasteiger partial charge in [-0.15, -0.1) is 0 Å². The van der Waals surface area contributed by atoms with Crippen molar-refractivity contribution in [3.63, 3.8) is 0 Å². The monoisotopic (exact) mass is 293 g/mol. The summed E-state index contributed by atoms with van der Waals surface area (Å²) in [5.41, 5.74) is 0. The summed E-state index contributed by atoms with van der Waals surface area (Å²) in [4.78, 5) is 28.4. The molecule has 21 heavy (non-hydrogen) atoms. The molecule has 0 radical (unpaired) electrons. The van der Waals surface area contributed by atoms with E-state index in [-0.39, 0.29) is 12.1 Å². The molecule has 0 aliphatic carbocycles. The number of aromatic nitrogens is 3. The van der Waals surface area contributed by atoms with Crippen molar-refractivity contribution >= 4 is 17.9 Å². The number of piperazine rings is 1. The Labute approximate surface area is 122 Å². The molecule has 0 bridgehead atoms. The zero-order chi connectivity index (χ0) is 14.8. The van der Waals surface area contributed by atoms with Crippen LogP contribution in [0.25, 0.3) is 0 Å². The van der Waals surface area contributed by atoms with E-state index in [0.29, 0.717) is 50.7 Å². The number of nitrogens with zero attached hydrogens (tertiary/aromatic N) is 5. The summed E-state index contributed by atoms with van der Waals surface area (Å²) in [7, 11) is 1.76. The second kappa shape index (κ2) is 5.58. The number of ether oxygens (including phenoxy) is 1. The number of fused-ring (bicyclic) bond motifs is 1. The molecule has 0 aromatic carbocycles. The smallest absolute Gasteiger partial charge is 0.323 e. The molecule has 3 heterocycles. The molecule has 0 spiro atoms. The lowest BCUT2D eigenvalue weighted by Crippen LogP contribution is -2.52. The van der Waals surface area contributed by atoms with E-state index in [0.717, 1.165) is 0 Å². The number of hydrogen-bond donors (Lipinski definition) is 2. The van der Waals surface area contributed by atoms with E-state index in [1.54, 1.807) is 7.05 Å².